The Morgan fingerprint density at radius 2 is 0.838 bits per heavy atom. The fraction of sp³-hybridized carbons (Fsp3) is 0.893. The Morgan fingerprint density at radius 3 is 1.30 bits per heavy atom. The molecule has 0 atom stereocenters. The van der Waals surface area contributed by atoms with Gasteiger partial charge in [-0.15, -0.1) is 0 Å². The molecule has 0 aromatic heterocycles. The van der Waals surface area contributed by atoms with E-state index in [2.05, 4.69) is 29.8 Å². The second kappa shape index (κ2) is 28.9. The number of amides is 3. The minimum Gasteiger partial charge on any atom is -0.379 e. The quantitative estimate of drug-likeness (QED) is 0.133. The molecule has 0 aliphatic heterocycles. The fourth-order valence-corrected chi connectivity index (χ4v) is 3.52. The van der Waals surface area contributed by atoms with E-state index >= 15 is 0 Å². The van der Waals surface area contributed by atoms with Gasteiger partial charge in [0, 0.05) is 52.1 Å². The SMILES string of the molecule is CCCCCC(=O)NCCCCCC(=O)NCCCCCC(=O)NCCCOCCOCCOCCC. The van der Waals surface area contributed by atoms with Crippen LogP contribution in [0.15, 0.2) is 0 Å². The molecule has 0 saturated carbocycles. The first-order valence-electron chi connectivity index (χ1n) is 14.6. The topological polar surface area (TPSA) is 115 Å². The van der Waals surface area contributed by atoms with E-state index < -0.39 is 0 Å². The molecule has 0 aliphatic carbocycles. The Labute approximate surface area is 225 Å². The van der Waals surface area contributed by atoms with Crippen LogP contribution in [0.1, 0.15) is 104 Å². The molecular formula is C28H55N3O6. The molecule has 0 saturated heterocycles. The van der Waals surface area contributed by atoms with Gasteiger partial charge in [-0.3, -0.25) is 14.4 Å². The monoisotopic (exact) mass is 529 g/mol. The predicted octanol–water partition coefficient (Wildman–Crippen LogP) is 3.89. The molecule has 0 unspecified atom stereocenters. The maximum atomic E-state index is 11.9. The number of nitrogens with one attached hydrogen (secondary N) is 3. The molecular weight excluding hydrogens is 474 g/mol. The summed E-state index contributed by atoms with van der Waals surface area (Å²) >= 11 is 0. The van der Waals surface area contributed by atoms with Gasteiger partial charge in [-0.05, 0) is 44.9 Å². The summed E-state index contributed by atoms with van der Waals surface area (Å²) in [5, 5.41) is 8.81. The molecule has 0 heterocycles. The number of hydrogen-bond acceptors (Lipinski definition) is 6. The van der Waals surface area contributed by atoms with Gasteiger partial charge in [0.15, 0.2) is 0 Å². The summed E-state index contributed by atoms with van der Waals surface area (Å²) < 4.78 is 16.2. The lowest BCUT2D eigenvalue weighted by Crippen LogP contribution is -2.26. The molecule has 37 heavy (non-hydrogen) atoms. The van der Waals surface area contributed by atoms with Crippen molar-refractivity contribution in [2.24, 2.45) is 0 Å². The van der Waals surface area contributed by atoms with Crippen LogP contribution in [-0.4, -0.2) is 77.0 Å². The summed E-state index contributed by atoms with van der Waals surface area (Å²) in [5.41, 5.74) is 0. The van der Waals surface area contributed by atoms with Crippen LogP contribution in [0.2, 0.25) is 0 Å². The van der Waals surface area contributed by atoms with Gasteiger partial charge in [-0.1, -0.05) is 39.5 Å². The molecule has 0 bridgehead atoms. The van der Waals surface area contributed by atoms with Gasteiger partial charge in [0.05, 0.1) is 26.4 Å². The van der Waals surface area contributed by atoms with Crippen LogP contribution in [0.25, 0.3) is 0 Å². The number of rotatable bonds is 28. The van der Waals surface area contributed by atoms with Gasteiger partial charge in [0.2, 0.25) is 17.7 Å². The van der Waals surface area contributed by atoms with Crippen molar-refractivity contribution in [2.75, 3.05) is 59.3 Å². The number of carbonyl (C=O) groups is 3. The fourth-order valence-electron chi connectivity index (χ4n) is 3.52. The molecule has 0 aliphatic rings. The van der Waals surface area contributed by atoms with Crippen molar-refractivity contribution in [2.45, 2.75) is 104 Å². The average molecular weight is 530 g/mol. The van der Waals surface area contributed by atoms with Crippen LogP contribution in [-0.2, 0) is 28.6 Å². The van der Waals surface area contributed by atoms with Gasteiger partial charge in [0.25, 0.3) is 0 Å². The largest absolute Gasteiger partial charge is 0.379 e. The van der Waals surface area contributed by atoms with Crippen LogP contribution >= 0.6 is 0 Å². The molecule has 0 radical (unpaired) electrons. The standard InChI is InChI=1S/C28H55N3O6/c1-3-5-8-14-26(32)29-17-11-6-9-15-27(33)30-18-12-7-10-16-28(34)31-19-13-21-36-23-25-37-24-22-35-20-4-2/h3-25H2,1-2H3,(H,29,32)(H,30,33)(H,31,34). The number of hydrogen-bond donors (Lipinski definition) is 3. The third-order valence-electron chi connectivity index (χ3n) is 5.69. The highest BCUT2D eigenvalue weighted by Gasteiger charge is 2.04. The molecule has 0 aromatic carbocycles. The number of ether oxygens (including phenoxy) is 3. The van der Waals surface area contributed by atoms with Crippen molar-refractivity contribution in [3.8, 4) is 0 Å². The molecule has 9 heteroatoms. The molecule has 0 aromatic rings. The Morgan fingerprint density at radius 1 is 0.432 bits per heavy atom. The molecule has 0 rings (SSSR count). The zero-order valence-corrected chi connectivity index (χ0v) is 23.7. The third-order valence-corrected chi connectivity index (χ3v) is 5.69. The summed E-state index contributed by atoms with van der Waals surface area (Å²) in [6.45, 7) is 9.87. The van der Waals surface area contributed by atoms with Crippen LogP contribution in [0.4, 0.5) is 0 Å². The molecule has 0 fully saturated rings. The summed E-state index contributed by atoms with van der Waals surface area (Å²) in [6.07, 6.45) is 11.9. The number of unbranched alkanes of at least 4 members (excludes halogenated alkanes) is 6. The smallest absolute Gasteiger partial charge is 0.219 e. The van der Waals surface area contributed by atoms with E-state index in [-0.39, 0.29) is 17.7 Å². The van der Waals surface area contributed by atoms with Crippen LogP contribution in [0.5, 0.6) is 0 Å². The van der Waals surface area contributed by atoms with Crippen LogP contribution in [0, 0.1) is 0 Å². The Kier molecular flexibility index (Phi) is 27.5. The van der Waals surface area contributed by atoms with Crippen molar-refractivity contribution in [1.29, 1.82) is 0 Å². The maximum Gasteiger partial charge on any atom is 0.219 e. The van der Waals surface area contributed by atoms with E-state index in [0.29, 0.717) is 71.9 Å². The summed E-state index contributed by atoms with van der Waals surface area (Å²) in [4.78, 5) is 35.4. The lowest BCUT2D eigenvalue weighted by molar-refractivity contribution is -0.122. The van der Waals surface area contributed by atoms with E-state index in [9.17, 15) is 14.4 Å². The first kappa shape index (κ1) is 35.3. The Balaban J connectivity index is 3.33. The molecule has 3 amide bonds. The average Bonchev–Trinajstić information content (AvgIpc) is 2.89. The highest BCUT2D eigenvalue weighted by molar-refractivity contribution is 5.76. The highest BCUT2D eigenvalue weighted by atomic mass is 16.5. The lowest BCUT2D eigenvalue weighted by Gasteiger charge is -2.08. The summed E-state index contributed by atoms with van der Waals surface area (Å²) in [5.74, 6) is 0.281. The predicted molar refractivity (Wildman–Crippen MR) is 147 cm³/mol. The molecule has 9 nitrogen and oxygen atoms in total. The van der Waals surface area contributed by atoms with Gasteiger partial charge in [-0.25, -0.2) is 0 Å². The van der Waals surface area contributed by atoms with Crippen molar-refractivity contribution >= 4 is 17.7 Å². The van der Waals surface area contributed by atoms with Crippen LogP contribution < -0.4 is 16.0 Å². The third kappa shape index (κ3) is 28.7. The van der Waals surface area contributed by atoms with Crippen molar-refractivity contribution in [1.82, 2.24) is 16.0 Å². The van der Waals surface area contributed by atoms with Gasteiger partial charge >= 0.3 is 0 Å². The zero-order chi connectivity index (χ0) is 27.2. The van der Waals surface area contributed by atoms with Crippen molar-refractivity contribution in [3.63, 3.8) is 0 Å². The first-order valence-corrected chi connectivity index (χ1v) is 14.6. The summed E-state index contributed by atoms with van der Waals surface area (Å²) in [7, 11) is 0. The number of carbonyl (C=O) groups excluding carboxylic acids is 3. The Hall–Kier alpha value is -1.71. The molecule has 218 valence electrons. The lowest BCUT2D eigenvalue weighted by atomic mass is 10.1. The minimum atomic E-state index is 0.0663. The van der Waals surface area contributed by atoms with E-state index in [1.165, 1.54) is 0 Å². The highest BCUT2D eigenvalue weighted by Crippen LogP contribution is 2.02. The first-order chi connectivity index (χ1) is 18.1. The normalized spacial score (nSPS) is 10.9. The maximum absolute atomic E-state index is 11.9. The zero-order valence-electron chi connectivity index (χ0n) is 23.7. The van der Waals surface area contributed by atoms with Gasteiger partial charge < -0.3 is 30.2 Å². The van der Waals surface area contributed by atoms with Crippen LogP contribution in [0.3, 0.4) is 0 Å². The molecule has 0 spiro atoms. The molecule has 3 N–H and O–H groups in total. The van der Waals surface area contributed by atoms with E-state index in [1.54, 1.807) is 0 Å². The Bertz CT molecular complexity index is 548. The second-order valence-corrected chi connectivity index (χ2v) is 9.32. The second-order valence-electron chi connectivity index (χ2n) is 9.32. The van der Waals surface area contributed by atoms with Gasteiger partial charge in [0.1, 0.15) is 0 Å². The van der Waals surface area contributed by atoms with E-state index in [1.807, 2.05) is 0 Å². The van der Waals surface area contributed by atoms with E-state index in [4.69, 9.17) is 14.2 Å². The van der Waals surface area contributed by atoms with Crippen molar-refractivity contribution < 1.29 is 28.6 Å². The minimum absolute atomic E-state index is 0.0663. The van der Waals surface area contributed by atoms with Crippen molar-refractivity contribution in [3.05, 3.63) is 0 Å². The van der Waals surface area contributed by atoms with Gasteiger partial charge in [-0.2, -0.15) is 0 Å². The summed E-state index contributed by atoms with van der Waals surface area (Å²) in [6, 6.07) is 0. The van der Waals surface area contributed by atoms with E-state index in [0.717, 1.165) is 77.2 Å².